The van der Waals surface area contributed by atoms with Gasteiger partial charge in [-0.25, -0.2) is 0 Å². The Labute approximate surface area is 298 Å². The molecule has 48 heavy (non-hydrogen) atoms. The number of pyridine rings is 2. The van der Waals surface area contributed by atoms with Gasteiger partial charge in [0.2, 0.25) is 0 Å². The van der Waals surface area contributed by atoms with Gasteiger partial charge in [0.05, 0.1) is 21.5 Å². The summed E-state index contributed by atoms with van der Waals surface area (Å²) in [6.07, 6.45) is 7.01. The Kier molecular flexibility index (Phi) is 11.4. The molecule has 0 saturated carbocycles. The number of hydrogen-bond donors (Lipinski definition) is 0. The van der Waals surface area contributed by atoms with E-state index < -0.39 is 11.8 Å². The average molecular weight is 763 g/mol. The molecule has 6 aromatic rings. The Hall–Kier alpha value is -4.59. The normalized spacial score (nSPS) is 13.5. The number of hydrogen-bond acceptors (Lipinski definition) is 5. The van der Waals surface area contributed by atoms with Crippen molar-refractivity contribution >= 4 is 37.6 Å². The number of nitrogens with zero attached hydrogens (tertiary/aromatic N) is 2. The highest BCUT2D eigenvalue weighted by Crippen LogP contribution is 2.47. The smallest absolute Gasteiger partial charge is 0.150 e. The zero-order valence-corrected chi connectivity index (χ0v) is 29.3. The van der Waals surface area contributed by atoms with Gasteiger partial charge >= 0.3 is 0 Å². The predicted octanol–water partition coefficient (Wildman–Crippen LogP) is 10.3. The third-order valence-electron chi connectivity index (χ3n) is 8.22. The summed E-state index contributed by atoms with van der Waals surface area (Å²) in [5, 5.41) is 0. The average Bonchev–Trinajstić information content (AvgIpc) is 3.16. The zero-order chi connectivity index (χ0) is 33.1. The van der Waals surface area contributed by atoms with E-state index in [9.17, 15) is 0 Å². The molecule has 2 aromatic heterocycles. The van der Waals surface area contributed by atoms with Crippen LogP contribution in [0.25, 0.3) is 0 Å². The van der Waals surface area contributed by atoms with Gasteiger partial charge in [0.1, 0.15) is 24.7 Å². The first-order valence-corrected chi connectivity index (χ1v) is 17.5. The molecule has 0 aliphatic heterocycles. The van der Waals surface area contributed by atoms with Crippen molar-refractivity contribution in [3.63, 3.8) is 0 Å². The second kappa shape index (κ2) is 16.5. The molecular formula is C41H34Br2N2O3. The zero-order valence-electron chi connectivity index (χ0n) is 26.1. The van der Waals surface area contributed by atoms with Gasteiger partial charge in [-0.15, -0.1) is 0 Å². The Bertz CT molecular complexity index is 1720. The van der Waals surface area contributed by atoms with Crippen LogP contribution in [0.4, 0.5) is 0 Å². The lowest BCUT2D eigenvalue weighted by molar-refractivity contribution is -0.122. The molecule has 0 amide bonds. The maximum Gasteiger partial charge on any atom is 0.150 e. The molecule has 4 atom stereocenters. The molecule has 4 unspecified atom stereocenters. The van der Waals surface area contributed by atoms with Gasteiger partial charge < -0.3 is 9.47 Å². The fourth-order valence-corrected chi connectivity index (χ4v) is 7.39. The van der Waals surface area contributed by atoms with E-state index in [1.165, 1.54) is 0 Å². The second-order valence-electron chi connectivity index (χ2n) is 11.4. The van der Waals surface area contributed by atoms with Crippen molar-refractivity contribution in [1.82, 2.24) is 9.97 Å². The predicted molar refractivity (Wildman–Crippen MR) is 197 cm³/mol. The van der Waals surface area contributed by atoms with Crippen LogP contribution in [-0.4, -0.2) is 15.8 Å². The molecule has 7 heteroatoms. The SMILES string of the molecule is O=C(C(c1ccc(OCc2ccccc2)cc1)C(Br)c1ccncc1)C(c1ccc(OCc2ccccc2)cc1)C(Br)c1ccncc1. The highest BCUT2D eigenvalue weighted by atomic mass is 79.9. The number of carbonyl (C=O) groups excluding carboxylic acids is 1. The molecule has 240 valence electrons. The minimum absolute atomic E-state index is 0.0586. The van der Waals surface area contributed by atoms with E-state index in [0.29, 0.717) is 13.2 Å². The fourth-order valence-electron chi connectivity index (χ4n) is 5.65. The van der Waals surface area contributed by atoms with E-state index in [0.717, 1.165) is 44.9 Å². The van der Waals surface area contributed by atoms with Crippen LogP contribution in [0.3, 0.4) is 0 Å². The topological polar surface area (TPSA) is 61.3 Å². The monoisotopic (exact) mass is 760 g/mol. The summed E-state index contributed by atoms with van der Waals surface area (Å²) in [5.41, 5.74) is 5.87. The summed E-state index contributed by atoms with van der Waals surface area (Å²) in [5.74, 6) is 0.472. The molecule has 6 rings (SSSR count). The van der Waals surface area contributed by atoms with Crippen molar-refractivity contribution in [2.75, 3.05) is 0 Å². The molecule has 4 aromatic carbocycles. The summed E-state index contributed by atoms with van der Waals surface area (Å²) in [6, 6.07) is 43.6. The number of Topliss-reactive ketones (excluding diaryl/α,β-unsaturated/α-hetero) is 1. The standard InChI is InChI=1S/C41H34Br2N2O3/c42-39(33-19-23-44-24-20-33)37(31-11-15-35(16-12-31)47-27-29-7-3-1-4-8-29)41(46)38(40(43)34-21-25-45-26-22-34)32-13-17-36(18-14-32)48-28-30-9-5-2-6-10-30/h1-26,37-40H,27-28H2. The summed E-state index contributed by atoms with van der Waals surface area (Å²) >= 11 is 7.89. The molecular weight excluding hydrogens is 728 g/mol. The van der Waals surface area contributed by atoms with Crippen LogP contribution in [-0.2, 0) is 18.0 Å². The Morgan fingerprint density at radius 2 is 0.833 bits per heavy atom. The van der Waals surface area contributed by atoms with Crippen molar-refractivity contribution in [2.24, 2.45) is 0 Å². The van der Waals surface area contributed by atoms with Crippen LogP contribution >= 0.6 is 31.9 Å². The van der Waals surface area contributed by atoms with Crippen molar-refractivity contribution < 1.29 is 14.3 Å². The third-order valence-corrected chi connectivity index (χ3v) is 10.3. The molecule has 2 heterocycles. The molecule has 0 bridgehead atoms. The van der Waals surface area contributed by atoms with E-state index in [1.54, 1.807) is 24.8 Å². The van der Waals surface area contributed by atoms with Crippen LogP contribution < -0.4 is 9.47 Å². The number of rotatable bonds is 14. The molecule has 0 N–H and O–H groups in total. The summed E-state index contributed by atoms with van der Waals surface area (Å²) in [6.45, 7) is 0.927. The van der Waals surface area contributed by atoms with Crippen LogP contribution in [0, 0.1) is 0 Å². The lowest BCUT2D eigenvalue weighted by Gasteiger charge is -2.30. The summed E-state index contributed by atoms with van der Waals surface area (Å²) in [4.78, 5) is 22.9. The summed E-state index contributed by atoms with van der Waals surface area (Å²) < 4.78 is 12.1. The lowest BCUT2D eigenvalue weighted by Crippen LogP contribution is -2.26. The first-order valence-electron chi connectivity index (χ1n) is 15.7. The maximum atomic E-state index is 15.1. The molecule has 0 saturated heterocycles. The van der Waals surface area contributed by atoms with Gasteiger partial charge in [-0.2, -0.15) is 0 Å². The maximum absolute atomic E-state index is 15.1. The number of benzene rings is 4. The second-order valence-corrected chi connectivity index (χ2v) is 13.4. The van der Waals surface area contributed by atoms with Gasteiger partial charge in [-0.3, -0.25) is 14.8 Å². The van der Waals surface area contributed by atoms with Crippen LogP contribution in [0.15, 0.2) is 158 Å². The first kappa shape index (κ1) is 33.3. The van der Waals surface area contributed by atoms with Crippen LogP contribution in [0.5, 0.6) is 11.5 Å². The first-order chi connectivity index (χ1) is 23.6. The minimum atomic E-state index is -0.531. The van der Waals surface area contributed by atoms with E-state index >= 15 is 4.79 Å². The van der Waals surface area contributed by atoms with Crippen molar-refractivity contribution in [1.29, 1.82) is 0 Å². The van der Waals surface area contributed by atoms with Crippen LogP contribution in [0.2, 0.25) is 0 Å². The molecule has 0 aliphatic rings. The minimum Gasteiger partial charge on any atom is -0.489 e. The van der Waals surface area contributed by atoms with Gasteiger partial charge in [0.15, 0.2) is 5.78 Å². The molecule has 5 nitrogen and oxygen atoms in total. The van der Waals surface area contributed by atoms with Crippen molar-refractivity contribution in [3.05, 3.63) is 192 Å². The molecule has 0 spiro atoms. The van der Waals surface area contributed by atoms with E-state index in [1.807, 2.05) is 133 Å². The molecule has 0 fully saturated rings. The van der Waals surface area contributed by atoms with E-state index in [-0.39, 0.29) is 15.4 Å². The Morgan fingerprint density at radius 3 is 1.19 bits per heavy atom. The van der Waals surface area contributed by atoms with Crippen LogP contribution in [0.1, 0.15) is 54.9 Å². The number of aromatic nitrogens is 2. The van der Waals surface area contributed by atoms with E-state index in [4.69, 9.17) is 9.47 Å². The Balaban J connectivity index is 1.32. The fraction of sp³-hybridized carbons (Fsp3) is 0.146. The van der Waals surface area contributed by atoms with E-state index in [2.05, 4.69) is 41.8 Å². The highest BCUT2D eigenvalue weighted by Gasteiger charge is 2.38. The number of alkyl halides is 2. The Morgan fingerprint density at radius 1 is 0.479 bits per heavy atom. The van der Waals surface area contributed by atoms with Gasteiger partial charge in [0.25, 0.3) is 0 Å². The molecule has 0 radical (unpaired) electrons. The quantitative estimate of drug-likeness (QED) is 0.103. The number of halogens is 2. The van der Waals surface area contributed by atoms with Gasteiger partial charge in [-0.1, -0.05) is 117 Å². The largest absolute Gasteiger partial charge is 0.489 e. The third kappa shape index (κ3) is 8.46. The highest BCUT2D eigenvalue weighted by molar-refractivity contribution is 9.09. The number of ketones is 1. The van der Waals surface area contributed by atoms with Gasteiger partial charge in [-0.05, 0) is 81.9 Å². The summed E-state index contributed by atoms with van der Waals surface area (Å²) in [7, 11) is 0. The number of ether oxygens (including phenoxy) is 2. The number of carbonyl (C=O) groups is 1. The van der Waals surface area contributed by atoms with Gasteiger partial charge in [0, 0.05) is 24.8 Å². The van der Waals surface area contributed by atoms with Crippen molar-refractivity contribution in [3.8, 4) is 11.5 Å². The molecule has 0 aliphatic carbocycles. The lowest BCUT2D eigenvalue weighted by atomic mass is 9.78. The van der Waals surface area contributed by atoms with Crippen molar-refractivity contribution in [2.45, 2.75) is 34.7 Å².